The van der Waals surface area contributed by atoms with Gasteiger partial charge in [-0.3, -0.25) is 14.4 Å². The molecular formula is C20H18N2O5. The van der Waals surface area contributed by atoms with Crippen LogP contribution in [0.1, 0.15) is 25.3 Å². The van der Waals surface area contributed by atoms with Crippen molar-refractivity contribution in [2.75, 3.05) is 5.32 Å². The predicted octanol–water partition coefficient (Wildman–Crippen LogP) is 2.46. The zero-order chi connectivity index (χ0) is 19.4. The van der Waals surface area contributed by atoms with Crippen molar-refractivity contribution in [3.05, 3.63) is 54.1 Å². The number of carbonyl (C=O) groups is 4. The van der Waals surface area contributed by atoms with Gasteiger partial charge in [-0.15, -0.1) is 5.06 Å². The van der Waals surface area contributed by atoms with Crippen LogP contribution in [0, 0.1) is 0 Å². The number of amides is 3. The normalized spacial score (nSPS) is 13.6. The first kappa shape index (κ1) is 18.3. The van der Waals surface area contributed by atoms with Crippen LogP contribution in [0.2, 0.25) is 0 Å². The third kappa shape index (κ3) is 4.58. The van der Waals surface area contributed by atoms with Gasteiger partial charge in [0.25, 0.3) is 11.8 Å². The molecule has 3 rings (SSSR count). The molecule has 7 nitrogen and oxygen atoms in total. The second-order valence-corrected chi connectivity index (χ2v) is 6.18. The van der Waals surface area contributed by atoms with E-state index in [9.17, 15) is 19.2 Å². The standard InChI is InChI=1S/C20H18N2O5/c1-13(23)21-17-8-6-16(7-9-17)15-4-2-14(3-5-15)12-20(26)27-22-18(24)10-11-19(22)25/h2-9H,10-12H2,1H3,(H,21,23). The van der Waals surface area contributed by atoms with Crippen molar-refractivity contribution < 1.29 is 24.0 Å². The van der Waals surface area contributed by atoms with Gasteiger partial charge in [0.15, 0.2) is 0 Å². The first-order valence-electron chi connectivity index (χ1n) is 8.46. The first-order chi connectivity index (χ1) is 12.9. The molecule has 0 spiro atoms. The summed E-state index contributed by atoms with van der Waals surface area (Å²) < 4.78 is 0. The number of hydroxylamine groups is 2. The molecule has 0 atom stereocenters. The number of rotatable bonds is 5. The second kappa shape index (κ2) is 7.82. The summed E-state index contributed by atoms with van der Waals surface area (Å²) in [6, 6.07) is 14.7. The Labute approximate surface area is 155 Å². The maximum absolute atomic E-state index is 11.9. The van der Waals surface area contributed by atoms with Gasteiger partial charge in [0.2, 0.25) is 5.91 Å². The van der Waals surface area contributed by atoms with Crippen LogP contribution in [0.5, 0.6) is 0 Å². The lowest BCUT2D eigenvalue weighted by Crippen LogP contribution is -2.32. The zero-order valence-corrected chi connectivity index (χ0v) is 14.7. The van der Waals surface area contributed by atoms with E-state index < -0.39 is 17.8 Å². The molecule has 2 aromatic rings. The summed E-state index contributed by atoms with van der Waals surface area (Å²) in [5, 5.41) is 3.26. The fourth-order valence-corrected chi connectivity index (χ4v) is 2.72. The van der Waals surface area contributed by atoms with Gasteiger partial charge in [-0.25, -0.2) is 4.79 Å². The van der Waals surface area contributed by atoms with Gasteiger partial charge in [-0.05, 0) is 28.8 Å². The van der Waals surface area contributed by atoms with Crippen molar-refractivity contribution >= 4 is 29.4 Å². The molecule has 0 aromatic heterocycles. The highest BCUT2D eigenvalue weighted by atomic mass is 16.7. The van der Waals surface area contributed by atoms with Crippen molar-refractivity contribution in [2.24, 2.45) is 0 Å². The predicted molar refractivity (Wildman–Crippen MR) is 97.1 cm³/mol. The molecule has 0 bridgehead atoms. The van der Waals surface area contributed by atoms with Gasteiger partial charge in [0, 0.05) is 25.5 Å². The largest absolute Gasteiger partial charge is 0.337 e. The van der Waals surface area contributed by atoms with E-state index in [-0.39, 0.29) is 25.2 Å². The molecule has 1 aliphatic heterocycles. The Morgan fingerprint density at radius 1 is 0.926 bits per heavy atom. The lowest BCUT2D eigenvalue weighted by atomic mass is 10.0. The summed E-state index contributed by atoms with van der Waals surface area (Å²) in [4.78, 5) is 50.8. The average molecular weight is 366 g/mol. The number of hydrogen-bond acceptors (Lipinski definition) is 5. The van der Waals surface area contributed by atoms with Crippen molar-refractivity contribution in [1.29, 1.82) is 0 Å². The van der Waals surface area contributed by atoms with Crippen LogP contribution in [-0.4, -0.2) is 28.8 Å². The van der Waals surface area contributed by atoms with Gasteiger partial charge in [-0.2, -0.15) is 0 Å². The van der Waals surface area contributed by atoms with E-state index >= 15 is 0 Å². The third-order valence-electron chi connectivity index (χ3n) is 4.04. The Bertz CT molecular complexity index is 872. The van der Waals surface area contributed by atoms with E-state index in [1.165, 1.54) is 6.92 Å². The molecule has 1 saturated heterocycles. The molecule has 27 heavy (non-hydrogen) atoms. The highest BCUT2D eigenvalue weighted by molar-refractivity contribution is 6.01. The summed E-state index contributed by atoms with van der Waals surface area (Å²) in [6.07, 6.45) is 0.0991. The summed E-state index contributed by atoms with van der Waals surface area (Å²) >= 11 is 0. The molecule has 2 aromatic carbocycles. The lowest BCUT2D eigenvalue weighted by Gasteiger charge is -2.12. The zero-order valence-electron chi connectivity index (χ0n) is 14.7. The van der Waals surface area contributed by atoms with E-state index in [2.05, 4.69) is 5.32 Å². The number of nitrogens with one attached hydrogen (secondary N) is 1. The Balaban J connectivity index is 1.61. The average Bonchev–Trinajstić information content (AvgIpc) is 2.94. The van der Waals surface area contributed by atoms with Crippen LogP contribution in [0.4, 0.5) is 5.69 Å². The Hall–Kier alpha value is -3.48. The van der Waals surface area contributed by atoms with E-state index in [4.69, 9.17) is 4.84 Å². The summed E-state index contributed by atoms with van der Waals surface area (Å²) in [5.41, 5.74) is 3.34. The molecule has 0 saturated carbocycles. The van der Waals surface area contributed by atoms with Gasteiger partial charge in [0.05, 0.1) is 6.42 Å². The van der Waals surface area contributed by atoms with Crippen LogP contribution in [0.3, 0.4) is 0 Å². The van der Waals surface area contributed by atoms with E-state index in [1.54, 1.807) is 12.1 Å². The second-order valence-electron chi connectivity index (χ2n) is 6.18. The molecule has 0 aliphatic carbocycles. The molecular weight excluding hydrogens is 348 g/mol. The topological polar surface area (TPSA) is 92.8 Å². The fourth-order valence-electron chi connectivity index (χ4n) is 2.72. The van der Waals surface area contributed by atoms with Crippen molar-refractivity contribution in [1.82, 2.24) is 5.06 Å². The van der Waals surface area contributed by atoms with Crippen LogP contribution in [0.25, 0.3) is 11.1 Å². The van der Waals surface area contributed by atoms with E-state index in [0.717, 1.165) is 16.8 Å². The molecule has 7 heteroatoms. The summed E-state index contributed by atoms with van der Waals surface area (Å²) in [5.74, 6) is -1.78. The minimum absolute atomic E-state index is 0.0428. The highest BCUT2D eigenvalue weighted by Gasteiger charge is 2.32. The van der Waals surface area contributed by atoms with E-state index in [1.807, 2.05) is 36.4 Å². The molecule has 0 radical (unpaired) electrons. The minimum atomic E-state index is -0.661. The number of hydrogen-bond donors (Lipinski definition) is 1. The molecule has 3 amide bonds. The smallest absolute Gasteiger partial charge is 0.330 e. The van der Waals surface area contributed by atoms with Gasteiger partial charge < -0.3 is 10.2 Å². The van der Waals surface area contributed by atoms with E-state index in [0.29, 0.717) is 10.6 Å². The first-order valence-corrected chi connectivity index (χ1v) is 8.46. The fraction of sp³-hybridized carbons (Fsp3) is 0.200. The van der Waals surface area contributed by atoms with Crippen molar-refractivity contribution in [2.45, 2.75) is 26.2 Å². The number of anilines is 1. The monoisotopic (exact) mass is 366 g/mol. The highest BCUT2D eigenvalue weighted by Crippen LogP contribution is 2.22. The van der Waals surface area contributed by atoms with Gasteiger partial charge >= 0.3 is 5.97 Å². The van der Waals surface area contributed by atoms with Crippen LogP contribution >= 0.6 is 0 Å². The molecule has 1 heterocycles. The Morgan fingerprint density at radius 2 is 1.44 bits per heavy atom. The quantitative estimate of drug-likeness (QED) is 0.821. The maximum atomic E-state index is 11.9. The molecule has 1 aliphatic rings. The van der Waals surface area contributed by atoms with Crippen molar-refractivity contribution in [3.63, 3.8) is 0 Å². The molecule has 0 unspecified atom stereocenters. The summed E-state index contributed by atoms with van der Waals surface area (Å²) in [6.45, 7) is 1.45. The molecule has 1 N–H and O–H groups in total. The van der Waals surface area contributed by atoms with Crippen molar-refractivity contribution in [3.8, 4) is 11.1 Å². The van der Waals surface area contributed by atoms with Gasteiger partial charge in [0.1, 0.15) is 0 Å². The molecule has 1 fully saturated rings. The Kier molecular flexibility index (Phi) is 5.30. The minimum Gasteiger partial charge on any atom is -0.330 e. The third-order valence-corrected chi connectivity index (χ3v) is 4.04. The van der Waals surface area contributed by atoms with Crippen LogP contribution in [-0.2, 0) is 30.4 Å². The lowest BCUT2D eigenvalue weighted by molar-refractivity contribution is -0.197. The number of nitrogens with zero attached hydrogens (tertiary/aromatic N) is 1. The van der Waals surface area contributed by atoms with Gasteiger partial charge in [-0.1, -0.05) is 36.4 Å². The van der Waals surface area contributed by atoms with Crippen LogP contribution in [0.15, 0.2) is 48.5 Å². The Morgan fingerprint density at radius 3 is 1.96 bits per heavy atom. The maximum Gasteiger partial charge on any atom is 0.337 e. The van der Waals surface area contributed by atoms with Crippen LogP contribution < -0.4 is 5.32 Å². The SMILES string of the molecule is CC(=O)Nc1ccc(-c2ccc(CC(=O)ON3C(=O)CCC3=O)cc2)cc1. The summed E-state index contributed by atoms with van der Waals surface area (Å²) in [7, 11) is 0. The number of imide groups is 1. The number of carbonyl (C=O) groups excluding carboxylic acids is 4. The number of benzene rings is 2. The molecule has 138 valence electrons.